The topological polar surface area (TPSA) is 60.7 Å². The van der Waals surface area contributed by atoms with E-state index in [0.717, 1.165) is 6.42 Å². The fraction of sp³-hybridized carbons (Fsp3) is 0.933. The van der Waals surface area contributed by atoms with Gasteiger partial charge in [0.25, 0.3) is 0 Å². The van der Waals surface area contributed by atoms with Gasteiger partial charge in [-0.25, -0.2) is 0 Å². The van der Waals surface area contributed by atoms with Crippen LogP contribution in [0.3, 0.4) is 0 Å². The van der Waals surface area contributed by atoms with Crippen LogP contribution in [-0.2, 0) is 19.4 Å². The molecule has 0 heterocycles. The average molecular weight is 349 g/mol. The third-order valence-corrected chi connectivity index (χ3v) is 0.854. The van der Waals surface area contributed by atoms with Gasteiger partial charge in [-0.05, 0) is 41.5 Å². The zero-order chi connectivity index (χ0) is 17.6. The van der Waals surface area contributed by atoms with Gasteiger partial charge in [0.15, 0.2) is 0 Å². The second kappa shape index (κ2) is 36.8. The summed E-state index contributed by atoms with van der Waals surface area (Å²) in [4.78, 5) is 0. The Hall–Kier alpha value is 0.884. The molecule has 126 valence electrons. The van der Waals surface area contributed by atoms with E-state index in [9.17, 15) is 0 Å². The summed E-state index contributed by atoms with van der Waals surface area (Å²) in [7, 11) is 4.64. The van der Waals surface area contributed by atoms with Crippen LogP contribution >= 0.6 is 9.30 Å². The molecule has 0 rings (SSSR count). The van der Waals surface area contributed by atoms with E-state index in [1.54, 1.807) is 41.5 Å². The van der Waals surface area contributed by atoms with Gasteiger partial charge in [-0.1, -0.05) is 26.2 Å². The van der Waals surface area contributed by atoms with E-state index < -0.39 is 0 Å². The van der Waals surface area contributed by atoms with E-state index in [4.69, 9.17) is 15.3 Å². The van der Waals surface area contributed by atoms with Crippen LogP contribution < -0.4 is 0 Å². The average Bonchev–Trinajstić information content (AvgIpc) is 2.27. The molecule has 0 spiro atoms. The predicted molar refractivity (Wildman–Crippen MR) is 87.4 cm³/mol. The van der Waals surface area contributed by atoms with Crippen LogP contribution in [0, 0.1) is 6.92 Å². The molecule has 20 heavy (non-hydrogen) atoms. The normalized spacial score (nSPS) is 8.30. The Morgan fingerprint density at radius 2 is 1.00 bits per heavy atom. The quantitative estimate of drug-likeness (QED) is 0.406. The monoisotopic (exact) mass is 348 g/mol. The fourth-order valence-electron chi connectivity index (χ4n) is 0.427. The number of unbranched alkanes of at least 4 members (excludes halogenated alkanes) is 3. The number of hydrogen-bond acceptors (Lipinski definition) is 3. The van der Waals surface area contributed by atoms with E-state index in [1.165, 1.54) is 38.6 Å². The van der Waals surface area contributed by atoms with Gasteiger partial charge in [0.05, 0.1) is 0 Å². The number of rotatable bonds is 3. The van der Waals surface area contributed by atoms with Gasteiger partial charge in [-0.2, -0.15) is 6.42 Å². The zero-order valence-corrected chi connectivity index (χ0v) is 16.8. The Balaban J connectivity index is -0.0000000488. The number of halogens is 1. The van der Waals surface area contributed by atoms with Crippen LogP contribution in [0.4, 0.5) is 0 Å². The second-order valence-electron chi connectivity index (χ2n) is 4.84. The number of aliphatic hydroxyl groups excluding tert-OH is 3. The second-order valence-corrected chi connectivity index (χ2v) is 4.84. The molecule has 0 unspecified atom stereocenters. The predicted octanol–water partition coefficient (Wildman–Crippen LogP) is 4.25. The first-order valence-electron chi connectivity index (χ1n) is 7.13. The number of hydrogen-bond donors (Lipinski definition) is 3. The summed E-state index contributed by atoms with van der Waals surface area (Å²) >= 11 is 1.47. The first-order valence-corrected chi connectivity index (χ1v) is 9.28. The van der Waals surface area contributed by atoms with Crippen molar-refractivity contribution < 1.29 is 34.7 Å². The molecule has 0 saturated carbocycles. The first-order chi connectivity index (χ1) is 9.11. The third kappa shape index (κ3) is 400. The molecule has 0 fully saturated rings. The Kier molecular flexibility index (Phi) is 60.2. The van der Waals surface area contributed by atoms with Gasteiger partial charge < -0.3 is 22.2 Å². The van der Waals surface area contributed by atoms with Gasteiger partial charge >= 0.3 is 28.7 Å². The Labute approximate surface area is 143 Å². The molecule has 0 aromatic carbocycles. The minimum atomic E-state index is -0.167. The molecular formula is C15H37ClO3Ti. The van der Waals surface area contributed by atoms with Crippen molar-refractivity contribution in [2.45, 2.75) is 92.5 Å². The standard InChI is InChI=1S/C6H13.3C3H8O.ClH.Ti/c1-3-5-6-4-2;3*1-3(2)4;;/h1,3-6H2,2H3;3*3-4H,1-2H3;1H;/q-1;;;;;+2/p-1. The molecule has 0 atom stereocenters. The van der Waals surface area contributed by atoms with Gasteiger partial charge in [-0.3, -0.25) is 0 Å². The van der Waals surface area contributed by atoms with Crippen molar-refractivity contribution in [3.63, 3.8) is 0 Å². The molecule has 0 aliphatic carbocycles. The number of aliphatic hydroxyl groups is 3. The van der Waals surface area contributed by atoms with Crippen molar-refractivity contribution >= 4 is 9.30 Å². The van der Waals surface area contributed by atoms with E-state index >= 15 is 0 Å². The molecule has 0 radical (unpaired) electrons. The molecule has 5 heteroatoms. The van der Waals surface area contributed by atoms with Crippen molar-refractivity contribution in [3.8, 4) is 0 Å². The van der Waals surface area contributed by atoms with E-state index in [-0.39, 0.29) is 18.3 Å². The van der Waals surface area contributed by atoms with Crippen LogP contribution in [-0.4, -0.2) is 33.6 Å². The van der Waals surface area contributed by atoms with Gasteiger partial charge in [0.1, 0.15) is 0 Å². The molecule has 0 saturated heterocycles. The van der Waals surface area contributed by atoms with E-state index in [0.29, 0.717) is 0 Å². The third-order valence-electron chi connectivity index (χ3n) is 0.854. The molecule has 0 amide bonds. The van der Waals surface area contributed by atoms with Crippen LogP contribution in [0.25, 0.3) is 0 Å². The summed E-state index contributed by atoms with van der Waals surface area (Å²) in [5.74, 6) is 0. The molecule has 0 aromatic rings. The van der Waals surface area contributed by atoms with Crippen LogP contribution in [0.1, 0.15) is 74.1 Å². The van der Waals surface area contributed by atoms with Crippen molar-refractivity contribution in [2.75, 3.05) is 0 Å². The SMILES string of the molecule is CC(C)O.CC(C)O.CC(C)O.[CH2-]CCCCC.[Cl][Ti+]. The molecule has 0 bridgehead atoms. The van der Waals surface area contributed by atoms with Crippen molar-refractivity contribution in [3.05, 3.63) is 6.92 Å². The van der Waals surface area contributed by atoms with Crippen molar-refractivity contribution in [2.24, 2.45) is 0 Å². The van der Waals surface area contributed by atoms with E-state index in [1.807, 2.05) is 0 Å². The summed E-state index contributed by atoms with van der Waals surface area (Å²) in [6.45, 7) is 16.3. The van der Waals surface area contributed by atoms with E-state index in [2.05, 4.69) is 23.2 Å². The maximum atomic E-state index is 8.06. The van der Waals surface area contributed by atoms with Crippen LogP contribution in [0.2, 0.25) is 0 Å². The zero-order valence-electron chi connectivity index (χ0n) is 14.5. The molecule has 3 nitrogen and oxygen atoms in total. The fourth-order valence-corrected chi connectivity index (χ4v) is 0.427. The van der Waals surface area contributed by atoms with Gasteiger partial charge in [-0.15, -0.1) is 0 Å². The van der Waals surface area contributed by atoms with Gasteiger partial charge in [0.2, 0.25) is 0 Å². The maximum absolute atomic E-state index is 8.06. The Bertz CT molecular complexity index is 86.8. The van der Waals surface area contributed by atoms with Gasteiger partial charge in [0, 0.05) is 18.3 Å². The Morgan fingerprint density at radius 3 is 1.05 bits per heavy atom. The summed E-state index contributed by atoms with van der Waals surface area (Å²) in [5.41, 5.74) is 0. The summed E-state index contributed by atoms with van der Waals surface area (Å²) in [5, 5.41) is 24.2. The molecule has 0 aromatic heterocycles. The molecular weight excluding hydrogens is 311 g/mol. The van der Waals surface area contributed by atoms with Crippen molar-refractivity contribution in [1.82, 2.24) is 0 Å². The summed E-state index contributed by atoms with van der Waals surface area (Å²) < 4.78 is 0. The summed E-state index contributed by atoms with van der Waals surface area (Å²) in [6.07, 6.45) is 4.57. The Morgan fingerprint density at radius 1 is 0.800 bits per heavy atom. The van der Waals surface area contributed by atoms with Crippen LogP contribution in [0.15, 0.2) is 0 Å². The minimum absolute atomic E-state index is 0.167. The molecule has 3 N–H and O–H groups in total. The van der Waals surface area contributed by atoms with Crippen LogP contribution in [0.5, 0.6) is 0 Å². The molecule has 0 aliphatic heterocycles. The summed E-state index contributed by atoms with van der Waals surface area (Å²) in [6, 6.07) is 0. The van der Waals surface area contributed by atoms with Crippen molar-refractivity contribution in [1.29, 1.82) is 0 Å². The molecule has 0 aliphatic rings. The first kappa shape index (κ1) is 32.7.